The number of rotatable bonds is 24. The fourth-order valence-corrected chi connectivity index (χ4v) is 11.2. The van der Waals surface area contributed by atoms with Gasteiger partial charge in [0.2, 0.25) is 0 Å². The molecule has 2 N–H and O–H groups in total. The van der Waals surface area contributed by atoms with Crippen LogP contribution in [-0.4, -0.2) is 23.0 Å². The Labute approximate surface area is 365 Å². The molecule has 5 nitrogen and oxygen atoms in total. The summed E-state index contributed by atoms with van der Waals surface area (Å²) in [6.07, 6.45) is 26.3. The molecular weight excluding hydrogens is 808 g/mol. The molecule has 3 aromatic heterocycles. The van der Waals surface area contributed by atoms with Crippen molar-refractivity contribution in [3.63, 3.8) is 0 Å². The third-order valence-corrected chi connectivity index (χ3v) is 15.5. The molecular formula is C50H61O5PS3. The highest BCUT2D eigenvalue weighted by Gasteiger charge is 2.28. The molecule has 0 atom stereocenters. The first-order valence-electron chi connectivity index (χ1n) is 21.9. The Morgan fingerprint density at radius 1 is 0.559 bits per heavy atom. The number of hydrogen-bond acceptors (Lipinski definition) is 6. The van der Waals surface area contributed by atoms with Gasteiger partial charge in [-0.25, -0.2) is 0 Å². The van der Waals surface area contributed by atoms with E-state index in [1.807, 2.05) is 17.4 Å². The number of thiophene rings is 3. The quantitative estimate of drug-likeness (QED) is 0.0417. The third-order valence-electron chi connectivity index (χ3n) is 10.9. The van der Waals surface area contributed by atoms with Crippen LogP contribution in [0.1, 0.15) is 140 Å². The molecule has 0 saturated carbocycles. The smallest absolute Gasteiger partial charge is 0.352 e. The van der Waals surface area contributed by atoms with E-state index in [-0.39, 0.29) is 11.7 Å². The molecule has 0 radical (unpaired) electrons. The van der Waals surface area contributed by atoms with Crippen LogP contribution in [0.15, 0.2) is 89.3 Å². The molecule has 0 saturated heterocycles. The molecule has 2 aliphatic rings. The van der Waals surface area contributed by atoms with Crippen molar-refractivity contribution in [2.75, 3.05) is 13.2 Å². The Morgan fingerprint density at radius 3 is 1.69 bits per heavy atom. The number of hydrogen-bond donors (Lipinski definition) is 2. The Kier molecular flexibility index (Phi) is 17.6. The lowest BCUT2D eigenvalue weighted by Gasteiger charge is -2.19. The van der Waals surface area contributed by atoms with Crippen LogP contribution in [-0.2, 0) is 4.57 Å². The summed E-state index contributed by atoms with van der Waals surface area (Å²) in [7, 11) is -4.27. The van der Waals surface area contributed by atoms with Gasteiger partial charge < -0.3 is 19.3 Å². The first-order chi connectivity index (χ1) is 28.8. The molecule has 4 aromatic rings. The minimum atomic E-state index is -4.27. The number of benzene rings is 1. The zero-order valence-corrected chi connectivity index (χ0v) is 38.5. The highest BCUT2D eigenvalue weighted by molar-refractivity contribution is 7.56. The summed E-state index contributed by atoms with van der Waals surface area (Å²) in [5, 5.41) is 0.176. The average molecular weight is 869 g/mol. The fourth-order valence-electron chi connectivity index (χ4n) is 7.42. The van der Waals surface area contributed by atoms with Crippen molar-refractivity contribution in [3.8, 4) is 53.3 Å². The molecule has 314 valence electrons. The van der Waals surface area contributed by atoms with Crippen LogP contribution in [0, 0.1) is 11.8 Å². The summed E-state index contributed by atoms with van der Waals surface area (Å²) in [6, 6.07) is 17.7. The van der Waals surface area contributed by atoms with Crippen LogP contribution in [0.2, 0.25) is 0 Å². The van der Waals surface area contributed by atoms with Gasteiger partial charge in [-0.2, -0.15) is 0 Å². The molecule has 3 heterocycles. The predicted molar refractivity (Wildman–Crippen MR) is 254 cm³/mol. The normalized spacial score (nSPS) is 13.8. The second-order valence-corrected chi connectivity index (χ2v) is 20.5. The van der Waals surface area contributed by atoms with Crippen molar-refractivity contribution in [3.05, 3.63) is 99.7 Å². The van der Waals surface area contributed by atoms with Crippen molar-refractivity contribution >= 4 is 47.2 Å². The number of unbranched alkanes of at least 4 members (excludes halogenated alkanes) is 12. The van der Waals surface area contributed by atoms with E-state index in [9.17, 15) is 14.4 Å². The van der Waals surface area contributed by atoms with Gasteiger partial charge in [-0.3, -0.25) is 4.57 Å². The lowest BCUT2D eigenvalue weighted by atomic mass is 9.96. The molecule has 59 heavy (non-hydrogen) atoms. The van der Waals surface area contributed by atoms with Gasteiger partial charge in [0.1, 0.15) is 11.5 Å². The van der Waals surface area contributed by atoms with Crippen molar-refractivity contribution < 1.29 is 23.8 Å². The molecule has 0 spiro atoms. The van der Waals surface area contributed by atoms with Crippen molar-refractivity contribution in [2.45, 2.75) is 130 Å². The summed E-state index contributed by atoms with van der Waals surface area (Å²) in [5.41, 5.74) is 5.21. The predicted octanol–water partition coefficient (Wildman–Crippen LogP) is 16.0. The minimum absolute atomic E-state index is 0.176. The molecule has 0 fully saturated rings. The van der Waals surface area contributed by atoms with E-state index in [0.717, 1.165) is 81.2 Å². The van der Waals surface area contributed by atoms with Crippen LogP contribution >= 0.6 is 41.6 Å². The average Bonchev–Trinajstić information content (AvgIpc) is 4.08. The summed E-state index contributed by atoms with van der Waals surface area (Å²) in [5.74, 6) is 8.53. The first-order valence-corrected chi connectivity index (χ1v) is 25.9. The summed E-state index contributed by atoms with van der Waals surface area (Å²) >= 11 is 5.40. The molecule has 1 aromatic carbocycles. The van der Waals surface area contributed by atoms with Gasteiger partial charge in [-0.1, -0.05) is 128 Å². The minimum Gasteiger partial charge on any atom is -0.493 e. The van der Waals surface area contributed by atoms with Gasteiger partial charge in [0.25, 0.3) is 0 Å². The van der Waals surface area contributed by atoms with E-state index < -0.39 is 7.60 Å². The number of ether oxygens (including phenoxy) is 2. The molecule has 2 aliphatic carbocycles. The maximum atomic E-state index is 12.0. The highest BCUT2D eigenvalue weighted by atomic mass is 32.1. The van der Waals surface area contributed by atoms with Crippen LogP contribution in [0.3, 0.4) is 0 Å². The van der Waals surface area contributed by atoms with E-state index >= 15 is 0 Å². The van der Waals surface area contributed by atoms with E-state index in [4.69, 9.17) is 9.47 Å². The molecule has 6 rings (SSSR count). The van der Waals surface area contributed by atoms with Crippen molar-refractivity contribution in [1.82, 2.24) is 0 Å². The van der Waals surface area contributed by atoms with Gasteiger partial charge in [-0.15, -0.1) is 34.0 Å². The summed E-state index contributed by atoms with van der Waals surface area (Å²) in [6.45, 7) is 8.00. The Balaban J connectivity index is 1.21. The standard InChI is InChI=1S/C50H61O5PS3/c1-4-7-10-13-14-15-16-17-20-41-25-26-47(57-41)48-29-30-50(59-48)49-28-27-46(58-49)43-36-44(54-31-18-11-8-5-2)42(35-45(43)55-32-19-12-9-6-3)39-22-21-37(33-39)38-23-24-40(34-38)56(51,52)53/h21-30,35-36H,4-16,18-19,31-34H2,1-3H3,(H2,51,52,53). The second kappa shape index (κ2) is 23.0. The molecule has 0 aliphatic heterocycles. The van der Waals surface area contributed by atoms with Crippen molar-refractivity contribution in [1.29, 1.82) is 0 Å². The lowest BCUT2D eigenvalue weighted by Crippen LogP contribution is -2.04. The van der Waals surface area contributed by atoms with Crippen LogP contribution in [0.5, 0.6) is 11.5 Å². The van der Waals surface area contributed by atoms with Crippen LogP contribution in [0.25, 0.3) is 35.5 Å². The summed E-state index contributed by atoms with van der Waals surface area (Å²) in [4.78, 5) is 26.8. The second-order valence-electron chi connectivity index (χ2n) is 15.6. The largest absolute Gasteiger partial charge is 0.493 e. The molecule has 0 bridgehead atoms. The monoisotopic (exact) mass is 868 g/mol. The van der Waals surface area contributed by atoms with Gasteiger partial charge in [-0.05, 0) is 90.9 Å². The SMILES string of the molecule is CCCCCCCCC#Cc1ccc(-c2ccc(-c3ccc(-c4cc(OCCCCCC)c(C5=CC=C(C6=CC=C(P(=O)(O)O)C6)C5)cc4OCCCCCC)s3)s2)s1. The first kappa shape index (κ1) is 45.1. The molecule has 0 unspecified atom stereocenters. The van der Waals surface area contributed by atoms with Crippen LogP contribution < -0.4 is 9.47 Å². The lowest BCUT2D eigenvalue weighted by molar-refractivity contribution is 0.297. The van der Waals surface area contributed by atoms with Gasteiger partial charge in [0.05, 0.1) is 18.1 Å². The van der Waals surface area contributed by atoms with E-state index in [0.29, 0.717) is 19.6 Å². The van der Waals surface area contributed by atoms with E-state index in [1.165, 1.54) is 83.7 Å². The van der Waals surface area contributed by atoms with Gasteiger partial charge in [0, 0.05) is 53.7 Å². The Bertz CT molecular complexity index is 2230. The number of allylic oxidation sites excluding steroid dienone is 8. The van der Waals surface area contributed by atoms with Gasteiger partial charge >= 0.3 is 7.60 Å². The summed E-state index contributed by atoms with van der Waals surface area (Å²) < 4.78 is 25.3. The fraction of sp³-hybridized carbons (Fsp3) is 0.440. The molecule has 9 heteroatoms. The zero-order chi connectivity index (χ0) is 41.5. The Morgan fingerprint density at radius 2 is 1.05 bits per heavy atom. The maximum Gasteiger partial charge on any atom is 0.352 e. The van der Waals surface area contributed by atoms with E-state index in [1.54, 1.807) is 28.7 Å². The van der Waals surface area contributed by atoms with Crippen LogP contribution in [0.4, 0.5) is 0 Å². The third kappa shape index (κ3) is 13.0. The van der Waals surface area contributed by atoms with Crippen molar-refractivity contribution in [2.24, 2.45) is 0 Å². The Hall–Kier alpha value is -3.41. The van der Waals surface area contributed by atoms with Gasteiger partial charge in [0.15, 0.2) is 0 Å². The topological polar surface area (TPSA) is 76.0 Å². The zero-order valence-electron chi connectivity index (χ0n) is 35.2. The highest BCUT2D eigenvalue weighted by Crippen LogP contribution is 2.52. The molecule has 0 amide bonds. The van der Waals surface area contributed by atoms with E-state index in [2.05, 4.69) is 93.3 Å². The maximum absolute atomic E-state index is 12.0.